The summed E-state index contributed by atoms with van der Waals surface area (Å²) in [5.74, 6) is 0. The second-order valence-corrected chi connectivity index (χ2v) is 2.00. The van der Waals surface area contributed by atoms with Crippen LogP contribution in [0.25, 0.3) is 0 Å². The number of rotatable bonds is 4. The first-order valence-corrected chi connectivity index (χ1v) is 3.27. The van der Waals surface area contributed by atoms with Crippen molar-refractivity contribution in [2.24, 2.45) is 0 Å². The van der Waals surface area contributed by atoms with Gasteiger partial charge in [0.1, 0.15) is 0 Å². The Kier molecular flexibility index (Phi) is 4.43. The van der Waals surface area contributed by atoms with Gasteiger partial charge in [0.15, 0.2) is 0 Å². The fourth-order valence-corrected chi connectivity index (χ4v) is 0.540. The first kappa shape index (κ1) is 9.75. The van der Waals surface area contributed by atoms with E-state index in [1.54, 1.807) is 0 Å². The van der Waals surface area contributed by atoms with Gasteiger partial charge < -0.3 is 0 Å². The molecular weight excluding hydrogens is 145 g/mol. The second-order valence-electron chi connectivity index (χ2n) is 2.00. The Labute approximate surface area is 58.2 Å². The number of alkyl halides is 3. The normalized spacial score (nSPS) is 12.0. The minimum absolute atomic E-state index is 0.211. The van der Waals surface area contributed by atoms with Crippen molar-refractivity contribution < 1.29 is 17.9 Å². The lowest BCUT2D eigenvalue weighted by Crippen LogP contribution is -2.13. The first-order valence-electron chi connectivity index (χ1n) is 3.27. The molecule has 0 N–H and O–H groups in total. The third-order valence-corrected chi connectivity index (χ3v) is 1.01. The van der Waals surface area contributed by atoms with Gasteiger partial charge in [-0.15, -0.1) is 13.2 Å². The molecule has 0 saturated carbocycles. The van der Waals surface area contributed by atoms with Crippen molar-refractivity contribution in [3.05, 3.63) is 0 Å². The molecule has 1 nitrogen and oxygen atoms in total. The molecule has 0 spiro atoms. The SMILES string of the molecule is CCCCCOC(F)(F)F. The summed E-state index contributed by atoms with van der Waals surface area (Å²) in [6, 6.07) is 0. The fraction of sp³-hybridized carbons (Fsp3) is 1.00. The third-order valence-electron chi connectivity index (χ3n) is 1.01. The maximum atomic E-state index is 11.3. The molecule has 0 fully saturated rings. The molecule has 0 unspecified atom stereocenters. The van der Waals surface area contributed by atoms with E-state index in [1.165, 1.54) is 0 Å². The molecule has 0 aliphatic rings. The van der Waals surface area contributed by atoms with E-state index in [-0.39, 0.29) is 6.61 Å². The highest BCUT2D eigenvalue weighted by Gasteiger charge is 2.28. The zero-order valence-electron chi connectivity index (χ0n) is 5.87. The van der Waals surface area contributed by atoms with Gasteiger partial charge in [0.05, 0.1) is 6.61 Å². The van der Waals surface area contributed by atoms with Crippen molar-refractivity contribution in [3.63, 3.8) is 0 Å². The van der Waals surface area contributed by atoms with Crippen molar-refractivity contribution in [1.82, 2.24) is 0 Å². The summed E-state index contributed by atoms with van der Waals surface area (Å²) in [4.78, 5) is 0. The number of halogens is 3. The van der Waals surface area contributed by atoms with Crippen LogP contribution in [0.15, 0.2) is 0 Å². The van der Waals surface area contributed by atoms with E-state index in [9.17, 15) is 13.2 Å². The molecule has 0 aromatic heterocycles. The van der Waals surface area contributed by atoms with Gasteiger partial charge in [-0.3, -0.25) is 4.74 Å². The molecular formula is C6H11F3O. The highest BCUT2D eigenvalue weighted by Crippen LogP contribution is 2.16. The van der Waals surface area contributed by atoms with Crippen LogP contribution in [0.1, 0.15) is 26.2 Å². The molecule has 0 aliphatic carbocycles. The summed E-state index contributed by atoms with van der Waals surface area (Å²) in [5.41, 5.74) is 0. The summed E-state index contributed by atoms with van der Waals surface area (Å²) in [7, 11) is 0. The molecule has 0 aromatic carbocycles. The Hall–Kier alpha value is -0.250. The van der Waals surface area contributed by atoms with Crippen molar-refractivity contribution >= 4 is 0 Å². The van der Waals surface area contributed by atoms with Gasteiger partial charge in [0, 0.05) is 0 Å². The molecule has 4 heteroatoms. The maximum Gasteiger partial charge on any atom is 0.522 e. The molecule has 0 bridgehead atoms. The molecule has 0 aliphatic heterocycles. The quantitative estimate of drug-likeness (QED) is 0.568. The molecule has 62 valence electrons. The molecule has 0 aromatic rings. The highest BCUT2D eigenvalue weighted by atomic mass is 19.4. The lowest BCUT2D eigenvalue weighted by molar-refractivity contribution is -0.324. The van der Waals surface area contributed by atoms with Gasteiger partial charge in [-0.05, 0) is 6.42 Å². The average molecular weight is 156 g/mol. The van der Waals surface area contributed by atoms with Crippen LogP contribution >= 0.6 is 0 Å². The average Bonchev–Trinajstić information content (AvgIpc) is 1.78. The van der Waals surface area contributed by atoms with Crippen molar-refractivity contribution in [3.8, 4) is 0 Å². The number of unbranched alkanes of at least 4 members (excludes halogenated alkanes) is 2. The molecule has 0 rings (SSSR count). The van der Waals surface area contributed by atoms with E-state index in [0.29, 0.717) is 6.42 Å². The van der Waals surface area contributed by atoms with E-state index in [0.717, 1.165) is 12.8 Å². The second kappa shape index (κ2) is 4.55. The number of hydrogen-bond acceptors (Lipinski definition) is 1. The predicted molar refractivity (Wildman–Crippen MR) is 31.5 cm³/mol. The largest absolute Gasteiger partial charge is 0.522 e. The summed E-state index contributed by atoms with van der Waals surface area (Å²) < 4.78 is 37.3. The molecule has 0 radical (unpaired) electrons. The van der Waals surface area contributed by atoms with Crippen LogP contribution in [0.4, 0.5) is 13.2 Å². The summed E-state index contributed by atoms with van der Waals surface area (Å²) >= 11 is 0. The van der Waals surface area contributed by atoms with Gasteiger partial charge in [-0.25, -0.2) is 0 Å². The van der Waals surface area contributed by atoms with Crippen molar-refractivity contribution in [2.45, 2.75) is 32.5 Å². The lowest BCUT2D eigenvalue weighted by atomic mass is 10.3. The number of ether oxygens (including phenoxy) is 1. The smallest absolute Gasteiger partial charge is 0.292 e. The van der Waals surface area contributed by atoms with Crippen LogP contribution in [0, 0.1) is 0 Å². The van der Waals surface area contributed by atoms with Crippen LogP contribution in [0.2, 0.25) is 0 Å². The summed E-state index contributed by atoms with van der Waals surface area (Å²) in [6.45, 7) is 1.71. The van der Waals surface area contributed by atoms with E-state index >= 15 is 0 Å². The van der Waals surface area contributed by atoms with Crippen molar-refractivity contribution in [2.75, 3.05) is 6.61 Å². The Morgan fingerprint density at radius 2 is 1.80 bits per heavy atom. The lowest BCUT2D eigenvalue weighted by Gasteiger charge is -2.05. The third kappa shape index (κ3) is 7.75. The molecule has 0 atom stereocenters. The van der Waals surface area contributed by atoms with Gasteiger partial charge in [0.2, 0.25) is 0 Å². The van der Waals surface area contributed by atoms with Crippen LogP contribution < -0.4 is 0 Å². The summed E-state index contributed by atoms with van der Waals surface area (Å²) in [6.07, 6.45) is -2.28. The van der Waals surface area contributed by atoms with E-state index in [2.05, 4.69) is 4.74 Å². The van der Waals surface area contributed by atoms with Crippen LogP contribution in [-0.2, 0) is 4.74 Å². The molecule has 0 saturated heterocycles. The van der Waals surface area contributed by atoms with Gasteiger partial charge in [-0.2, -0.15) is 0 Å². The number of hydrogen-bond donors (Lipinski definition) is 0. The first-order chi connectivity index (χ1) is 4.56. The fourth-order valence-electron chi connectivity index (χ4n) is 0.540. The van der Waals surface area contributed by atoms with Gasteiger partial charge in [-0.1, -0.05) is 19.8 Å². The minimum Gasteiger partial charge on any atom is -0.292 e. The maximum absolute atomic E-state index is 11.3. The molecule has 0 amide bonds. The van der Waals surface area contributed by atoms with E-state index in [4.69, 9.17) is 0 Å². The predicted octanol–water partition coefficient (Wildman–Crippen LogP) is 2.71. The topological polar surface area (TPSA) is 9.23 Å². The molecule has 0 heterocycles. The Morgan fingerprint density at radius 3 is 2.20 bits per heavy atom. The highest BCUT2D eigenvalue weighted by molar-refractivity contribution is 4.36. The Morgan fingerprint density at radius 1 is 1.20 bits per heavy atom. The molecule has 10 heavy (non-hydrogen) atoms. The van der Waals surface area contributed by atoms with Crippen LogP contribution in [-0.4, -0.2) is 13.0 Å². The van der Waals surface area contributed by atoms with E-state index < -0.39 is 6.36 Å². The Balaban J connectivity index is 3.04. The zero-order chi connectivity index (χ0) is 8.04. The van der Waals surface area contributed by atoms with Gasteiger partial charge >= 0.3 is 6.36 Å². The Bertz CT molecular complexity index is 79.6. The van der Waals surface area contributed by atoms with E-state index in [1.807, 2.05) is 6.92 Å². The van der Waals surface area contributed by atoms with Crippen LogP contribution in [0.3, 0.4) is 0 Å². The zero-order valence-corrected chi connectivity index (χ0v) is 5.87. The van der Waals surface area contributed by atoms with Gasteiger partial charge in [0.25, 0.3) is 0 Å². The summed E-state index contributed by atoms with van der Waals surface area (Å²) in [5, 5.41) is 0. The van der Waals surface area contributed by atoms with Crippen molar-refractivity contribution in [1.29, 1.82) is 0 Å². The standard InChI is InChI=1S/C6H11F3O/c1-2-3-4-5-10-6(7,8)9/h2-5H2,1H3. The monoisotopic (exact) mass is 156 g/mol. The minimum atomic E-state index is -4.45. The van der Waals surface area contributed by atoms with Crippen LogP contribution in [0.5, 0.6) is 0 Å².